The van der Waals surface area contributed by atoms with E-state index in [9.17, 15) is 9.59 Å². The quantitative estimate of drug-likeness (QED) is 0.716. The van der Waals surface area contributed by atoms with Crippen molar-refractivity contribution in [3.63, 3.8) is 0 Å². The molecule has 7 heteroatoms. The van der Waals surface area contributed by atoms with E-state index in [0.717, 1.165) is 6.42 Å². The first-order chi connectivity index (χ1) is 8.75. The van der Waals surface area contributed by atoms with Crippen molar-refractivity contribution in [2.75, 3.05) is 13.2 Å². The minimum atomic E-state index is -0.587. The molecule has 0 N–H and O–H groups in total. The van der Waals surface area contributed by atoms with Crippen molar-refractivity contribution in [2.45, 2.75) is 38.8 Å². The molecule has 19 heavy (non-hydrogen) atoms. The summed E-state index contributed by atoms with van der Waals surface area (Å²) in [5, 5.41) is 0. The average molecular weight is 285 g/mol. The monoisotopic (exact) mass is 285 g/mol. The van der Waals surface area contributed by atoms with Gasteiger partial charge in [-0.05, 0) is 39.4 Å². The van der Waals surface area contributed by atoms with Crippen LogP contribution in [0.3, 0.4) is 0 Å². The molecule has 0 spiro atoms. The van der Waals surface area contributed by atoms with Crippen LogP contribution in [-0.4, -0.2) is 26.9 Å². The molecular formula is C12H19N3O3S. The number of hydrogen-bond donors (Lipinski definition) is 0. The molecule has 0 aromatic carbocycles. The number of hydrogen-bond acceptors (Lipinski definition) is 4. The van der Waals surface area contributed by atoms with E-state index < -0.39 is 5.54 Å². The van der Waals surface area contributed by atoms with Gasteiger partial charge >= 0.3 is 11.4 Å². The lowest BCUT2D eigenvalue weighted by atomic mass is 10.1. The summed E-state index contributed by atoms with van der Waals surface area (Å²) in [4.78, 5) is 24.8. The molecule has 1 atom stereocenters. The maximum Gasteiger partial charge on any atom is 0.335 e. The molecule has 0 saturated carbocycles. The Labute approximate surface area is 116 Å². The largest absolute Gasteiger partial charge is 0.379 e. The molecule has 6 nitrogen and oxygen atoms in total. The van der Waals surface area contributed by atoms with Gasteiger partial charge in [-0.25, -0.2) is 14.2 Å². The van der Waals surface area contributed by atoms with Crippen LogP contribution in [0.1, 0.15) is 33.2 Å². The van der Waals surface area contributed by atoms with Gasteiger partial charge in [-0.15, -0.1) is 0 Å². The summed E-state index contributed by atoms with van der Waals surface area (Å²) in [5.41, 5.74) is -1.32. The van der Waals surface area contributed by atoms with Crippen molar-refractivity contribution in [2.24, 2.45) is 7.05 Å². The maximum absolute atomic E-state index is 12.6. The van der Waals surface area contributed by atoms with Gasteiger partial charge in [0.15, 0.2) is 4.77 Å². The van der Waals surface area contributed by atoms with E-state index in [1.54, 1.807) is 7.05 Å². The highest BCUT2D eigenvalue weighted by molar-refractivity contribution is 7.71. The van der Waals surface area contributed by atoms with Gasteiger partial charge in [-0.2, -0.15) is 0 Å². The van der Waals surface area contributed by atoms with Gasteiger partial charge in [-0.1, -0.05) is 0 Å². The topological polar surface area (TPSA) is 58.2 Å². The molecule has 1 fully saturated rings. The van der Waals surface area contributed by atoms with Crippen molar-refractivity contribution in [1.29, 1.82) is 0 Å². The Bertz CT molecular complexity index is 657. The summed E-state index contributed by atoms with van der Waals surface area (Å²) in [6.07, 6.45) is 0.742. The number of aromatic nitrogens is 3. The van der Waals surface area contributed by atoms with Crippen LogP contribution in [0.2, 0.25) is 0 Å². The minimum absolute atomic E-state index is 0.0830. The lowest BCUT2D eigenvalue weighted by molar-refractivity contribution is 0.183. The second-order valence-electron chi connectivity index (χ2n) is 5.80. The molecule has 1 aliphatic heterocycles. The minimum Gasteiger partial charge on any atom is -0.379 e. The Kier molecular flexibility index (Phi) is 3.53. The summed E-state index contributed by atoms with van der Waals surface area (Å²) < 4.78 is 9.68. The van der Waals surface area contributed by atoms with Gasteiger partial charge < -0.3 is 4.74 Å². The van der Waals surface area contributed by atoms with E-state index in [0.29, 0.717) is 13.2 Å². The highest BCUT2D eigenvalue weighted by Gasteiger charge is 2.26. The average Bonchev–Trinajstić information content (AvgIpc) is 2.78. The molecule has 1 aromatic rings. The Morgan fingerprint density at radius 1 is 1.26 bits per heavy atom. The zero-order valence-corrected chi connectivity index (χ0v) is 12.5. The third-order valence-corrected chi connectivity index (χ3v) is 3.78. The van der Waals surface area contributed by atoms with Crippen molar-refractivity contribution in [1.82, 2.24) is 13.7 Å². The van der Waals surface area contributed by atoms with Gasteiger partial charge in [0.25, 0.3) is 0 Å². The summed E-state index contributed by atoms with van der Waals surface area (Å²) in [5.74, 6) is 0. The Morgan fingerprint density at radius 3 is 2.37 bits per heavy atom. The van der Waals surface area contributed by atoms with Crippen LogP contribution >= 0.6 is 12.2 Å². The van der Waals surface area contributed by atoms with Crippen LogP contribution in [-0.2, 0) is 17.3 Å². The fraction of sp³-hybridized carbons (Fsp3) is 0.750. The van der Waals surface area contributed by atoms with Crippen LogP contribution in [0.5, 0.6) is 0 Å². The highest BCUT2D eigenvalue weighted by atomic mass is 32.1. The molecule has 0 bridgehead atoms. The molecule has 2 heterocycles. The molecule has 0 aliphatic carbocycles. The molecule has 1 unspecified atom stereocenters. The van der Waals surface area contributed by atoms with Crippen LogP contribution < -0.4 is 11.4 Å². The summed E-state index contributed by atoms with van der Waals surface area (Å²) >= 11 is 5.24. The van der Waals surface area contributed by atoms with Crippen LogP contribution in [0.25, 0.3) is 0 Å². The van der Waals surface area contributed by atoms with Crippen molar-refractivity contribution >= 4 is 12.2 Å². The van der Waals surface area contributed by atoms with E-state index in [1.165, 1.54) is 13.7 Å². The Balaban J connectivity index is 2.82. The Morgan fingerprint density at radius 2 is 1.89 bits per heavy atom. The van der Waals surface area contributed by atoms with Crippen molar-refractivity contribution in [3.8, 4) is 0 Å². The third-order valence-electron chi connectivity index (χ3n) is 3.31. The van der Waals surface area contributed by atoms with E-state index in [-0.39, 0.29) is 22.2 Å². The summed E-state index contributed by atoms with van der Waals surface area (Å²) in [6.45, 7) is 6.56. The fourth-order valence-corrected chi connectivity index (χ4v) is 2.58. The second kappa shape index (κ2) is 4.72. The lowest BCUT2D eigenvalue weighted by Crippen LogP contribution is -2.52. The second-order valence-corrected chi connectivity index (χ2v) is 6.17. The first kappa shape index (κ1) is 14.2. The third kappa shape index (κ3) is 2.32. The normalized spacial score (nSPS) is 19.9. The molecule has 0 amide bonds. The van der Waals surface area contributed by atoms with E-state index in [2.05, 4.69) is 0 Å². The first-order valence-electron chi connectivity index (χ1n) is 6.28. The van der Waals surface area contributed by atoms with E-state index in [1.807, 2.05) is 20.8 Å². The summed E-state index contributed by atoms with van der Waals surface area (Å²) in [7, 11) is 1.60. The van der Waals surface area contributed by atoms with Gasteiger partial charge in [0.05, 0.1) is 12.6 Å². The standard InChI is InChI=1S/C12H19N3O3S/c1-12(2,3)15-9(16)13(4)11(19)14(10(15)17)8-5-6-18-7-8/h8H,5-7H2,1-4H3. The zero-order valence-electron chi connectivity index (χ0n) is 11.7. The number of nitrogens with zero attached hydrogens (tertiary/aromatic N) is 3. The fourth-order valence-electron chi connectivity index (χ4n) is 2.28. The molecule has 2 rings (SSSR count). The van der Waals surface area contributed by atoms with Crippen molar-refractivity contribution in [3.05, 3.63) is 25.7 Å². The molecule has 1 aliphatic rings. The van der Waals surface area contributed by atoms with E-state index in [4.69, 9.17) is 17.0 Å². The van der Waals surface area contributed by atoms with Gasteiger partial charge in [0, 0.05) is 19.2 Å². The predicted octanol–water partition coefficient (Wildman–Crippen LogP) is 0.794. The molecule has 1 saturated heterocycles. The van der Waals surface area contributed by atoms with Crippen LogP contribution in [0.4, 0.5) is 0 Å². The smallest absolute Gasteiger partial charge is 0.335 e. The van der Waals surface area contributed by atoms with E-state index >= 15 is 0 Å². The van der Waals surface area contributed by atoms with Gasteiger partial charge in [-0.3, -0.25) is 9.13 Å². The van der Waals surface area contributed by atoms with Crippen molar-refractivity contribution < 1.29 is 4.74 Å². The summed E-state index contributed by atoms with van der Waals surface area (Å²) in [6, 6.07) is -0.0830. The van der Waals surface area contributed by atoms with Crippen LogP contribution in [0, 0.1) is 4.77 Å². The first-order valence-corrected chi connectivity index (χ1v) is 6.69. The lowest BCUT2D eigenvalue weighted by Gasteiger charge is -2.24. The Hall–Kier alpha value is -1.21. The molecule has 1 aromatic heterocycles. The van der Waals surface area contributed by atoms with Crippen LogP contribution in [0.15, 0.2) is 9.59 Å². The molecule has 0 radical (unpaired) electrons. The van der Waals surface area contributed by atoms with Gasteiger partial charge in [0.1, 0.15) is 0 Å². The molecule has 106 valence electrons. The van der Waals surface area contributed by atoms with Gasteiger partial charge in [0.2, 0.25) is 0 Å². The number of rotatable bonds is 1. The SMILES string of the molecule is Cn1c(=S)n(C2CCOC2)c(=O)n(C(C)(C)C)c1=O. The number of ether oxygens (including phenoxy) is 1. The maximum atomic E-state index is 12.6. The molecular weight excluding hydrogens is 266 g/mol. The zero-order chi connectivity index (χ0) is 14.4. The highest BCUT2D eigenvalue weighted by Crippen LogP contribution is 2.17. The predicted molar refractivity (Wildman–Crippen MR) is 74.2 cm³/mol.